The number of carbonyl (C=O) groups is 2. The van der Waals surface area contributed by atoms with Gasteiger partial charge < -0.3 is 20.9 Å². The molecule has 26 heavy (non-hydrogen) atoms. The van der Waals surface area contributed by atoms with Crippen molar-refractivity contribution in [1.82, 2.24) is 15.5 Å². The summed E-state index contributed by atoms with van der Waals surface area (Å²) in [6.07, 6.45) is 3.43. The number of para-hydroxylation sites is 1. The standard InChI is InChI=1S/C18H25FN4O2.ClH/c19-15-5-1-2-6-16(15)22-18(25)23-11-3-4-13(12-23)17(24)21-14-7-9-20-10-8-14;/h1-2,5-6,13-14,20H,3-4,7-12H2,(H,21,24)(H,22,25);1H. The van der Waals surface area contributed by atoms with E-state index in [0.717, 1.165) is 38.8 Å². The molecule has 1 aromatic rings. The van der Waals surface area contributed by atoms with Crippen LogP contribution in [0.15, 0.2) is 24.3 Å². The third kappa shape index (κ3) is 5.32. The summed E-state index contributed by atoms with van der Waals surface area (Å²) < 4.78 is 13.7. The second kappa shape index (κ2) is 9.73. The fourth-order valence-electron chi connectivity index (χ4n) is 3.42. The van der Waals surface area contributed by atoms with Crippen LogP contribution in [0.1, 0.15) is 25.7 Å². The minimum Gasteiger partial charge on any atom is -0.353 e. The van der Waals surface area contributed by atoms with Gasteiger partial charge in [0.1, 0.15) is 5.82 Å². The third-order valence-electron chi connectivity index (χ3n) is 4.88. The van der Waals surface area contributed by atoms with Crippen LogP contribution in [-0.2, 0) is 4.79 Å². The predicted molar refractivity (Wildman–Crippen MR) is 101 cm³/mol. The average Bonchev–Trinajstić information content (AvgIpc) is 2.64. The lowest BCUT2D eigenvalue weighted by atomic mass is 9.96. The Kier molecular flexibility index (Phi) is 7.66. The van der Waals surface area contributed by atoms with Crippen molar-refractivity contribution in [2.24, 2.45) is 5.92 Å². The number of rotatable bonds is 3. The highest BCUT2D eigenvalue weighted by atomic mass is 35.5. The lowest BCUT2D eigenvalue weighted by Gasteiger charge is -2.33. The lowest BCUT2D eigenvalue weighted by molar-refractivity contribution is -0.127. The maximum absolute atomic E-state index is 13.7. The molecule has 2 fully saturated rings. The van der Waals surface area contributed by atoms with Gasteiger partial charge in [0.05, 0.1) is 11.6 Å². The van der Waals surface area contributed by atoms with Crippen LogP contribution < -0.4 is 16.0 Å². The molecule has 3 amide bonds. The topological polar surface area (TPSA) is 73.5 Å². The summed E-state index contributed by atoms with van der Waals surface area (Å²) in [5, 5.41) is 8.98. The Morgan fingerprint density at radius 1 is 1.15 bits per heavy atom. The smallest absolute Gasteiger partial charge is 0.321 e. The third-order valence-corrected chi connectivity index (χ3v) is 4.88. The maximum atomic E-state index is 13.7. The van der Waals surface area contributed by atoms with Crippen molar-refractivity contribution in [3.8, 4) is 0 Å². The number of anilines is 1. The van der Waals surface area contributed by atoms with Crippen LogP contribution in [0.25, 0.3) is 0 Å². The molecule has 2 aliphatic heterocycles. The largest absolute Gasteiger partial charge is 0.353 e. The van der Waals surface area contributed by atoms with E-state index in [4.69, 9.17) is 0 Å². The van der Waals surface area contributed by atoms with Gasteiger partial charge in [0, 0.05) is 19.1 Å². The zero-order valence-electron chi connectivity index (χ0n) is 14.7. The van der Waals surface area contributed by atoms with Gasteiger partial charge in [-0.2, -0.15) is 0 Å². The fraction of sp³-hybridized carbons (Fsp3) is 0.556. The van der Waals surface area contributed by atoms with Crippen molar-refractivity contribution in [3.05, 3.63) is 30.1 Å². The Hall–Kier alpha value is -1.86. The molecule has 2 saturated heterocycles. The molecular formula is C18H26ClFN4O2. The maximum Gasteiger partial charge on any atom is 0.321 e. The molecule has 1 unspecified atom stereocenters. The molecule has 2 aliphatic rings. The Balaban J connectivity index is 0.00000243. The zero-order valence-corrected chi connectivity index (χ0v) is 15.5. The molecule has 3 rings (SSSR count). The summed E-state index contributed by atoms with van der Waals surface area (Å²) in [4.78, 5) is 26.5. The number of carbonyl (C=O) groups excluding carboxylic acids is 2. The van der Waals surface area contributed by atoms with E-state index in [1.165, 1.54) is 12.1 Å². The van der Waals surface area contributed by atoms with Crippen molar-refractivity contribution in [2.45, 2.75) is 31.7 Å². The second-order valence-corrected chi connectivity index (χ2v) is 6.73. The fourth-order valence-corrected chi connectivity index (χ4v) is 3.42. The molecule has 0 aliphatic carbocycles. The van der Waals surface area contributed by atoms with Crippen LogP contribution in [-0.4, -0.2) is 49.1 Å². The molecule has 0 bridgehead atoms. The van der Waals surface area contributed by atoms with Crippen molar-refractivity contribution in [3.63, 3.8) is 0 Å². The Morgan fingerprint density at radius 2 is 1.88 bits per heavy atom. The number of halogens is 2. The monoisotopic (exact) mass is 384 g/mol. The normalized spacial score (nSPS) is 20.8. The Bertz CT molecular complexity index is 625. The van der Waals surface area contributed by atoms with Gasteiger partial charge in [-0.1, -0.05) is 12.1 Å². The van der Waals surface area contributed by atoms with E-state index in [1.807, 2.05) is 0 Å². The first-order valence-electron chi connectivity index (χ1n) is 8.95. The van der Waals surface area contributed by atoms with Gasteiger partial charge in [0.15, 0.2) is 0 Å². The summed E-state index contributed by atoms with van der Waals surface area (Å²) in [5.74, 6) is -0.640. The molecule has 0 saturated carbocycles. The number of piperidine rings is 2. The van der Waals surface area contributed by atoms with E-state index < -0.39 is 5.82 Å². The number of benzene rings is 1. The van der Waals surface area contributed by atoms with E-state index in [1.54, 1.807) is 17.0 Å². The zero-order chi connectivity index (χ0) is 17.6. The molecule has 3 N–H and O–H groups in total. The lowest BCUT2D eigenvalue weighted by Crippen LogP contribution is -2.50. The van der Waals surface area contributed by atoms with Crippen molar-refractivity contribution in [1.29, 1.82) is 0 Å². The van der Waals surface area contributed by atoms with E-state index in [0.29, 0.717) is 13.1 Å². The van der Waals surface area contributed by atoms with Crippen LogP contribution in [0.5, 0.6) is 0 Å². The molecule has 1 aromatic carbocycles. The molecular weight excluding hydrogens is 359 g/mol. The number of likely N-dealkylation sites (tertiary alicyclic amines) is 1. The summed E-state index contributed by atoms with van der Waals surface area (Å²) in [5.41, 5.74) is 0.161. The minimum absolute atomic E-state index is 0. The quantitative estimate of drug-likeness (QED) is 0.749. The van der Waals surface area contributed by atoms with Gasteiger partial charge in [-0.05, 0) is 50.9 Å². The van der Waals surface area contributed by atoms with Crippen LogP contribution in [0.3, 0.4) is 0 Å². The first-order chi connectivity index (χ1) is 12.1. The van der Waals surface area contributed by atoms with Crippen molar-refractivity contribution in [2.75, 3.05) is 31.5 Å². The average molecular weight is 385 g/mol. The van der Waals surface area contributed by atoms with E-state index >= 15 is 0 Å². The van der Waals surface area contributed by atoms with E-state index in [9.17, 15) is 14.0 Å². The Morgan fingerprint density at radius 3 is 2.62 bits per heavy atom. The molecule has 1 atom stereocenters. The number of amides is 3. The van der Waals surface area contributed by atoms with E-state index in [2.05, 4.69) is 16.0 Å². The van der Waals surface area contributed by atoms with Crippen molar-refractivity contribution >= 4 is 30.0 Å². The first-order valence-corrected chi connectivity index (χ1v) is 8.95. The number of nitrogens with one attached hydrogen (secondary N) is 3. The summed E-state index contributed by atoms with van der Waals surface area (Å²) in [6.45, 7) is 2.80. The van der Waals surface area contributed by atoms with Gasteiger partial charge in [0.2, 0.25) is 5.91 Å². The molecule has 0 radical (unpaired) electrons. The molecule has 0 aromatic heterocycles. The number of hydrogen-bond donors (Lipinski definition) is 3. The summed E-state index contributed by atoms with van der Waals surface area (Å²) in [6, 6.07) is 5.94. The van der Waals surface area contributed by atoms with Crippen LogP contribution in [0.4, 0.5) is 14.9 Å². The van der Waals surface area contributed by atoms with Crippen LogP contribution >= 0.6 is 12.4 Å². The van der Waals surface area contributed by atoms with Gasteiger partial charge in [-0.25, -0.2) is 9.18 Å². The van der Waals surface area contributed by atoms with E-state index in [-0.39, 0.29) is 42.0 Å². The second-order valence-electron chi connectivity index (χ2n) is 6.73. The first kappa shape index (κ1) is 20.5. The molecule has 8 heteroatoms. The Labute approximate surface area is 159 Å². The van der Waals surface area contributed by atoms with Gasteiger partial charge >= 0.3 is 6.03 Å². The van der Waals surface area contributed by atoms with Gasteiger partial charge in [-0.15, -0.1) is 12.4 Å². The number of hydrogen-bond acceptors (Lipinski definition) is 3. The van der Waals surface area contributed by atoms with Gasteiger partial charge in [0.25, 0.3) is 0 Å². The minimum atomic E-state index is -0.465. The molecule has 2 heterocycles. The SMILES string of the molecule is Cl.O=C(NC1CCNCC1)C1CCCN(C(=O)Nc2ccccc2F)C1. The summed E-state index contributed by atoms with van der Waals surface area (Å²) in [7, 11) is 0. The molecule has 144 valence electrons. The number of urea groups is 1. The number of nitrogens with zero attached hydrogens (tertiary/aromatic N) is 1. The van der Waals surface area contributed by atoms with Gasteiger partial charge in [-0.3, -0.25) is 4.79 Å². The highest BCUT2D eigenvalue weighted by Gasteiger charge is 2.30. The highest BCUT2D eigenvalue weighted by molar-refractivity contribution is 5.90. The molecule has 6 nitrogen and oxygen atoms in total. The van der Waals surface area contributed by atoms with Crippen molar-refractivity contribution < 1.29 is 14.0 Å². The predicted octanol–water partition coefficient (Wildman–Crippen LogP) is 2.36. The molecule has 0 spiro atoms. The summed E-state index contributed by atoms with van der Waals surface area (Å²) >= 11 is 0. The van der Waals surface area contributed by atoms with Crippen LogP contribution in [0.2, 0.25) is 0 Å². The highest BCUT2D eigenvalue weighted by Crippen LogP contribution is 2.20. The van der Waals surface area contributed by atoms with Crippen LogP contribution in [0, 0.1) is 11.7 Å².